The van der Waals surface area contributed by atoms with Crippen LogP contribution in [-0.2, 0) is 24.4 Å². The van der Waals surface area contributed by atoms with Gasteiger partial charge in [0, 0.05) is 44.0 Å². The Morgan fingerprint density at radius 2 is 2.05 bits per heavy atom. The van der Waals surface area contributed by atoms with Gasteiger partial charge < -0.3 is 15.0 Å². The molecule has 0 unspecified atom stereocenters. The van der Waals surface area contributed by atoms with Crippen LogP contribution in [0, 0.1) is 6.92 Å². The summed E-state index contributed by atoms with van der Waals surface area (Å²) in [4.78, 5) is 27.3. The van der Waals surface area contributed by atoms with Crippen LogP contribution in [0.5, 0.6) is 5.88 Å². The lowest BCUT2D eigenvalue weighted by atomic mass is 9.85. The number of rotatable bonds is 7. The predicted molar refractivity (Wildman–Crippen MR) is 141 cm³/mol. The molecule has 0 spiro atoms. The summed E-state index contributed by atoms with van der Waals surface area (Å²) in [5.41, 5.74) is 2.19. The van der Waals surface area contributed by atoms with Crippen LogP contribution in [0.1, 0.15) is 55.3 Å². The van der Waals surface area contributed by atoms with Crippen LogP contribution in [0.4, 0.5) is 19.0 Å². The average molecular weight is 566 g/mol. The van der Waals surface area contributed by atoms with Gasteiger partial charge in [-0.05, 0) is 57.2 Å². The van der Waals surface area contributed by atoms with Crippen molar-refractivity contribution in [3.8, 4) is 17.3 Å². The first-order valence-corrected chi connectivity index (χ1v) is 12.8. The van der Waals surface area contributed by atoms with Crippen LogP contribution in [-0.4, -0.2) is 61.8 Å². The normalized spacial score (nSPS) is 17.8. The van der Waals surface area contributed by atoms with E-state index in [1.807, 2.05) is 6.07 Å². The topological polar surface area (TPSA) is 98.1 Å². The Morgan fingerprint density at radius 3 is 2.69 bits per heavy atom. The van der Waals surface area contributed by atoms with Crippen molar-refractivity contribution in [3.63, 3.8) is 0 Å². The van der Waals surface area contributed by atoms with E-state index in [4.69, 9.17) is 16.3 Å². The molecule has 2 atom stereocenters. The number of ether oxygens (including phenoxy) is 1. The summed E-state index contributed by atoms with van der Waals surface area (Å²) >= 11 is 6.29. The summed E-state index contributed by atoms with van der Waals surface area (Å²) in [5.74, 6) is -0.557. The van der Waals surface area contributed by atoms with Crippen LogP contribution in [0.3, 0.4) is 0 Å². The number of carbonyl (C=O) groups excluding carboxylic acids is 1. The number of hydrogen-bond acceptors (Lipinski definition) is 7. The number of pyridine rings is 2. The molecule has 3 aromatic rings. The van der Waals surface area contributed by atoms with E-state index in [1.54, 1.807) is 31.9 Å². The number of alkyl halides is 3. The van der Waals surface area contributed by atoms with Crippen molar-refractivity contribution in [2.75, 3.05) is 26.0 Å². The summed E-state index contributed by atoms with van der Waals surface area (Å²) in [6.07, 6.45) is -1.04. The molecule has 4 rings (SSSR count). The van der Waals surface area contributed by atoms with Gasteiger partial charge in [0.15, 0.2) is 5.82 Å². The summed E-state index contributed by atoms with van der Waals surface area (Å²) < 4.78 is 45.5. The van der Waals surface area contributed by atoms with E-state index in [0.29, 0.717) is 52.9 Å². The van der Waals surface area contributed by atoms with Gasteiger partial charge in [-0.2, -0.15) is 18.3 Å². The molecule has 0 radical (unpaired) electrons. The average Bonchev–Trinajstić information content (AvgIpc) is 3.28. The van der Waals surface area contributed by atoms with Gasteiger partial charge in [-0.25, -0.2) is 19.6 Å². The van der Waals surface area contributed by atoms with E-state index in [1.165, 1.54) is 20.4 Å². The van der Waals surface area contributed by atoms with Gasteiger partial charge >= 0.3 is 6.18 Å². The number of likely N-dealkylation sites (N-methyl/N-ethyl adjacent to an activating group) is 1. The monoisotopic (exact) mass is 565 g/mol. The minimum absolute atomic E-state index is 0.00728. The maximum atomic E-state index is 13.2. The zero-order valence-corrected chi connectivity index (χ0v) is 23.4. The number of methoxy groups -OCH3 is 1. The fourth-order valence-corrected chi connectivity index (χ4v) is 5.00. The Labute approximate surface area is 229 Å². The van der Waals surface area contributed by atoms with E-state index in [2.05, 4.69) is 32.3 Å². The highest BCUT2D eigenvalue weighted by Gasteiger charge is 2.38. The lowest BCUT2D eigenvalue weighted by molar-refractivity contribution is -0.147. The van der Waals surface area contributed by atoms with Crippen molar-refractivity contribution >= 4 is 23.3 Å². The third kappa shape index (κ3) is 5.95. The second-order valence-corrected chi connectivity index (χ2v) is 10.6. The van der Waals surface area contributed by atoms with Crippen molar-refractivity contribution in [1.29, 1.82) is 0 Å². The second kappa shape index (κ2) is 10.6. The maximum Gasteiger partial charge on any atom is 0.451 e. The van der Waals surface area contributed by atoms with Gasteiger partial charge in [0.2, 0.25) is 17.6 Å². The standard InChI is InChI=1S/C26H31ClF3N7O2/c1-14(17-12-20(39-6)31-13-19(17)27)23(38)36(4)10-9-25(3)8-7-16-11-18(15(2)32-21(16)34-25)22-33-24(26(28,29)30)37(5)35-22/h11-14H,7-10H2,1-6H3,(H,32,34)/t14-,25-/m1/s1. The molecule has 39 heavy (non-hydrogen) atoms. The molecule has 1 N–H and O–H groups in total. The second-order valence-electron chi connectivity index (χ2n) is 10.2. The molecule has 1 amide bonds. The number of halogens is 4. The molecule has 9 nitrogen and oxygen atoms in total. The molecule has 0 aromatic carbocycles. The summed E-state index contributed by atoms with van der Waals surface area (Å²) in [7, 11) is 4.48. The molecule has 1 aliphatic rings. The first kappa shape index (κ1) is 28.6. The van der Waals surface area contributed by atoms with E-state index in [-0.39, 0.29) is 17.3 Å². The van der Waals surface area contributed by atoms with Gasteiger partial charge in [0.1, 0.15) is 5.82 Å². The number of anilines is 1. The van der Waals surface area contributed by atoms with Crippen molar-refractivity contribution in [2.24, 2.45) is 7.05 Å². The third-order valence-electron chi connectivity index (χ3n) is 7.20. The van der Waals surface area contributed by atoms with Gasteiger partial charge in [0.25, 0.3) is 0 Å². The van der Waals surface area contributed by atoms with Crippen LogP contribution in [0.25, 0.3) is 11.4 Å². The first-order chi connectivity index (χ1) is 18.2. The van der Waals surface area contributed by atoms with E-state index in [9.17, 15) is 18.0 Å². The van der Waals surface area contributed by atoms with Gasteiger partial charge in [-0.3, -0.25) is 4.79 Å². The Kier molecular flexibility index (Phi) is 7.79. The van der Waals surface area contributed by atoms with Gasteiger partial charge in [0.05, 0.1) is 23.7 Å². The van der Waals surface area contributed by atoms with Gasteiger partial charge in [-0.1, -0.05) is 11.6 Å². The van der Waals surface area contributed by atoms with Crippen molar-refractivity contribution < 1.29 is 22.7 Å². The molecule has 210 valence electrons. The van der Waals surface area contributed by atoms with Crippen LogP contribution in [0.15, 0.2) is 18.3 Å². The lowest BCUT2D eigenvalue weighted by Gasteiger charge is -2.38. The number of nitrogens with zero attached hydrogens (tertiary/aromatic N) is 6. The summed E-state index contributed by atoms with van der Waals surface area (Å²) in [6, 6.07) is 3.48. The molecule has 0 bridgehead atoms. The minimum atomic E-state index is -4.59. The number of carbonyl (C=O) groups is 1. The highest BCUT2D eigenvalue weighted by Crippen LogP contribution is 2.36. The molecule has 0 saturated heterocycles. The molecule has 1 aliphatic heterocycles. The number of fused-ring (bicyclic) bond motifs is 1. The van der Waals surface area contributed by atoms with E-state index >= 15 is 0 Å². The van der Waals surface area contributed by atoms with Gasteiger partial charge in [-0.15, -0.1) is 0 Å². The van der Waals surface area contributed by atoms with Crippen molar-refractivity contribution in [3.05, 3.63) is 46.0 Å². The quantitative estimate of drug-likeness (QED) is 0.429. The Morgan fingerprint density at radius 1 is 1.33 bits per heavy atom. The molecular weight excluding hydrogens is 535 g/mol. The predicted octanol–water partition coefficient (Wildman–Crippen LogP) is 5.03. The number of aromatic nitrogens is 5. The first-order valence-electron chi connectivity index (χ1n) is 12.4. The summed E-state index contributed by atoms with van der Waals surface area (Å²) in [6.45, 7) is 6.09. The van der Waals surface area contributed by atoms with Crippen LogP contribution < -0.4 is 10.1 Å². The van der Waals surface area contributed by atoms with E-state index in [0.717, 1.165) is 16.7 Å². The molecule has 13 heteroatoms. The fourth-order valence-electron chi connectivity index (χ4n) is 4.73. The lowest BCUT2D eigenvalue weighted by Crippen LogP contribution is -2.43. The maximum absolute atomic E-state index is 13.2. The van der Waals surface area contributed by atoms with Crippen LogP contribution in [0.2, 0.25) is 5.02 Å². The zero-order chi connectivity index (χ0) is 28.7. The highest BCUT2D eigenvalue weighted by molar-refractivity contribution is 6.31. The zero-order valence-electron chi connectivity index (χ0n) is 22.6. The molecule has 0 fully saturated rings. The number of nitrogens with one attached hydrogen (secondary N) is 1. The number of aryl methyl sites for hydroxylation is 3. The smallest absolute Gasteiger partial charge is 0.451 e. The fraction of sp³-hybridized carbons (Fsp3) is 0.500. The molecular formula is C26H31ClF3N7O2. The largest absolute Gasteiger partial charge is 0.481 e. The van der Waals surface area contributed by atoms with Crippen molar-refractivity contribution in [1.82, 2.24) is 29.6 Å². The SMILES string of the molecule is COc1cc([C@@H](C)C(=O)N(C)CC[C@@]2(C)CCc3cc(-c4nc(C(F)(F)F)n(C)n4)c(C)nc3N2)c(Cl)cn1. The third-order valence-corrected chi connectivity index (χ3v) is 7.51. The molecule has 0 aliphatic carbocycles. The van der Waals surface area contributed by atoms with Crippen LogP contribution >= 0.6 is 11.6 Å². The molecule has 4 heterocycles. The molecule has 0 saturated carbocycles. The number of hydrogen-bond donors (Lipinski definition) is 1. The molecule has 3 aromatic heterocycles. The Bertz CT molecular complexity index is 1390. The summed E-state index contributed by atoms with van der Waals surface area (Å²) in [5, 5.41) is 7.86. The number of amides is 1. The highest BCUT2D eigenvalue weighted by atomic mass is 35.5. The van der Waals surface area contributed by atoms with E-state index < -0.39 is 17.9 Å². The minimum Gasteiger partial charge on any atom is -0.481 e. The Balaban J connectivity index is 1.45. The van der Waals surface area contributed by atoms with Crippen molar-refractivity contribution in [2.45, 2.75) is 57.7 Å². The Hall–Kier alpha value is -3.41.